The number of ketones is 1. The summed E-state index contributed by atoms with van der Waals surface area (Å²) < 4.78 is 7.30. The minimum Gasteiger partial charge on any atom is -0.497 e. The smallest absolute Gasteiger partial charge is 0.211 e. The molecular formula is C22H19N3O2S. The van der Waals surface area contributed by atoms with Crippen molar-refractivity contribution >= 4 is 22.8 Å². The van der Waals surface area contributed by atoms with Gasteiger partial charge in [0.25, 0.3) is 0 Å². The van der Waals surface area contributed by atoms with Gasteiger partial charge in [0.1, 0.15) is 5.75 Å². The van der Waals surface area contributed by atoms with Crippen molar-refractivity contribution in [3.8, 4) is 17.0 Å². The molecule has 0 fully saturated rings. The van der Waals surface area contributed by atoms with Gasteiger partial charge in [0.2, 0.25) is 4.80 Å². The molecule has 0 atom stereocenters. The van der Waals surface area contributed by atoms with Gasteiger partial charge in [0.05, 0.1) is 24.9 Å². The van der Waals surface area contributed by atoms with Gasteiger partial charge in [-0.3, -0.25) is 4.79 Å². The van der Waals surface area contributed by atoms with Crippen LogP contribution < -0.4 is 9.54 Å². The third-order valence-corrected chi connectivity index (χ3v) is 5.47. The molecule has 0 bridgehead atoms. The summed E-state index contributed by atoms with van der Waals surface area (Å²) in [6.45, 7) is 4.47. The van der Waals surface area contributed by atoms with E-state index in [-0.39, 0.29) is 5.78 Å². The lowest BCUT2D eigenvalue weighted by molar-refractivity contribution is 0.101. The molecule has 5 nitrogen and oxygen atoms in total. The zero-order valence-electron chi connectivity index (χ0n) is 15.5. The summed E-state index contributed by atoms with van der Waals surface area (Å²) in [7, 11) is 1.65. The van der Waals surface area contributed by atoms with Gasteiger partial charge < -0.3 is 9.30 Å². The summed E-state index contributed by atoms with van der Waals surface area (Å²) in [5.41, 5.74) is 4.41. The Hall–Kier alpha value is -3.25. The average molecular weight is 389 g/mol. The van der Waals surface area contributed by atoms with Crippen LogP contribution in [0.25, 0.3) is 11.3 Å². The first-order valence-electron chi connectivity index (χ1n) is 8.88. The number of hydrogen-bond acceptors (Lipinski definition) is 5. The second kappa shape index (κ2) is 7.78. The second-order valence-electron chi connectivity index (χ2n) is 6.32. The number of fused-ring (bicyclic) bond motifs is 1. The van der Waals surface area contributed by atoms with Gasteiger partial charge in [0, 0.05) is 23.1 Å². The largest absolute Gasteiger partial charge is 0.497 e. The molecule has 28 heavy (non-hydrogen) atoms. The molecule has 0 radical (unpaired) electrons. The van der Waals surface area contributed by atoms with E-state index in [9.17, 15) is 4.79 Å². The zero-order chi connectivity index (χ0) is 19.5. The maximum absolute atomic E-state index is 12.1. The van der Waals surface area contributed by atoms with E-state index in [4.69, 9.17) is 4.74 Å². The molecule has 0 spiro atoms. The minimum absolute atomic E-state index is 0.0913. The van der Waals surface area contributed by atoms with Crippen LogP contribution in [0.5, 0.6) is 5.75 Å². The van der Waals surface area contributed by atoms with Crippen LogP contribution >= 0.6 is 11.3 Å². The highest BCUT2D eigenvalue weighted by Gasteiger charge is 2.24. The first kappa shape index (κ1) is 18.1. The van der Waals surface area contributed by atoms with Gasteiger partial charge in [-0.15, -0.1) is 23.0 Å². The Balaban J connectivity index is 1.75. The lowest BCUT2D eigenvalue weighted by Gasteiger charge is -2.07. The average Bonchev–Trinajstić information content (AvgIpc) is 3.28. The SMILES string of the molecule is C=CCn1c(-c2ccc(OC)cc2)cs/c1=N/N=C1\CC(=O)c2ccccc21. The molecule has 1 heterocycles. The number of rotatable bonds is 5. The lowest BCUT2D eigenvalue weighted by Crippen LogP contribution is -2.15. The monoisotopic (exact) mass is 389 g/mol. The Morgan fingerprint density at radius 2 is 1.89 bits per heavy atom. The van der Waals surface area contributed by atoms with Crippen LogP contribution in [0, 0.1) is 0 Å². The van der Waals surface area contributed by atoms with Crippen molar-refractivity contribution in [1.29, 1.82) is 0 Å². The van der Waals surface area contributed by atoms with Crippen molar-refractivity contribution in [2.45, 2.75) is 13.0 Å². The van der Waals surface area contributed by atoms with E-state index in [2.05, 4.69) is 26.7 Å². The van der Waals surface area contributed by atoms with Crippen LogP contribution in [-0.2, 0) is 6.54 Å². The van der Waals surface area contributed by atoms with E-state index in [0.717, 1.165) is 32.9 Å². The summed E-state index contributed by atoms with van der Waals surface area (Å²) in [5, 5.41) is 10.9. The number of methoxy groups -OCH3 is 1. The fourth-order valence-electron chi connectivity index (χ4n) is 3.22. The molecule has 1 aliphatic carbocycles. The zero-order valence-corrected chi connectivity index (χ0v) is 16.3. The van der Waals surface area contributed by atoms with Crippen molar-refractivity contribution < 1.29 is 9.53 Å². The van der Waals surface area contributed by atoms with Crippen LogP contribution in [0.2, 0.25) is 0 Å². The van der Waals surface area contributed by atoms with Crippen molar-refractivity contribution in [3.63, 3.8) is 0 Å². The quantitative estimate of drug-likeness (QED) is 0.482. The Kier molecular flexibility index (Phi) is 5.04. The molecule has 4 rings (SSSR count). The van der Waals surface area contributed by atoms with Crippen molar-refractivity contribution in [3.05, 3.63) is 82.5 Å². The van der Waals surface area contributed by atoms with Crippen LogP contribution in [0.15, 0.2) is 76.8 Å². The number of allylic oxidation sites excluding steroid dienone is 1. The van der Waals surface area contributed by atoms with E-state index in [1.165, 1.54) is 11.3 Å². The third-order valence-electron chi connectivity index (χ3n) is 4.62. The summed E-state index contributed by atoms with van der Waals surface area (Å²) in [6, 6.07) is 15.4. The Morgan fingerprint density at radius 1 is 1.14 bits per heavy atom. The predicted octanol–water partition coefficient (Wildman–Crippen LogP) is 4.30. The van der Waals surface area contributed by atoms with Gasteiger partial charge in [-0.2, -0.15) is 5.10 Å². The number of carbonyl (C=O) groups is 1. The highest BCUT2D eigenvalue weighted by atomic mass is 32.1. The van der Waals surface area contributed by atoms with Crippen LogP contribution in [0.1, 0.15) is 22.3 Å². The maximum atomic E-state index is 12.1. The highest BCUT2D eigenvalue weighted by molar-refractivity contribution is 7.07. The lowest BCUT2D eigenvalue weighted by atomic mass is 10.1. The minimum atomic E-state index is 0.0913. The van der Waals surface area contributed by atoms with Gasteiger partial charge in [-0.05, 0) is 29.8 Å². The normalized spacial score (nSPS) is 15.1. The number of Topliss-reactive ketones (excluding diaryl/α,β-unsaturated/α-hetero) is 1. The molecule has 1 aliphatic rings. The number of hydrogen-bond donors (Lipinski definition) is 0. The van der Waals surface area contributed by atoms with E-state index in [0.29, 0.717) is 18.7 Å². The molecule has 6 heteroatoms. The number of nitrogens with zero attached hydrogens (tertiary/aromatic N) is 3. The van der Waals surface area contributed by atoms with E-state index in [1.807, 2.05) is 54.6 Å². The standard InChI is InChI=1S/C22H19N3O2S/c1-3-12-25-20(15-8-10-16(27-2)11-9-15)14-28-22(25)24-23-19-13-21(26)18-7-5-4-6-17(18)19/h3-11,14H,1,12-13H2,2H3/b23-19+,24-22+. The summed E-state index contributed by atoms with van der Waals surface area (Å²) in [5.74, 6) is 0.906. The van der Waals surface area contributed by atoms with E-state index < -0.39 is 0 Å². The van der Waals surface area contributed by atoms with E-state index >= 15 is 0 Å². The first-order valence-corrected chi connectivity index (χ1v) is 9.76. The van der Waals surface area contributed by atoms with Gasteiger partial charge in [-0.1, -0.05) is 30.3 Å². The molecule has 140 valence electrons. The Labute approximate surface area is 167 Å². The van der Waals surface area contributed by atoms with Crippen LogP contribution in [-0.4, -0.2) is 23.2 Å². The van der Waals surface area contributed by atoms with Crippen LogP contribution in [0.4, 0.5) is 0 Å². The van der Waals surface area contributed by atoms with Crippen molar-refractivity contribution in [2.24, 2.45) is 10.2 Å². The van der Waals surface area contributed by atoms with Gasteiger partial charge >= 0.3 is 0 Å². The molecule has 0 saturated heterocycles. The van der Waals surface area contributed by atoms with E-state index in [1.54, 1.807) is 7.11 Å². The topological polar surface area (TPSA) is 55.9 Å². The molecule has 0 saturated carbocycles. The number of thiazole rings is 1. The van der Waals surface area contributed by atoms with Crippen molar-refractivity contribution in [2.75, 3.05) is 7.11 Å². The predicted molar refractivity (Wildman–Crippen MR) is 112 cm³/mol. The Bertz CT molecular complexity index is 1140. The molecule has 0 N–H and O–H groups in total. The molecular weight excluding hydrogens is 370 g/mol. The summed E-state index contributed by atoms with van der Waals surface area (Å²) >= 11 is 1.51. The summed E-state index contributed by atoms with van der Waals surface area (Å²) in [6.07, 6.45) is 2.13. The third kappa shape index (κ3) is 3.34. The fourth-order valence-corrected chi connectivity index (χ4v) is 4.09. The molecule has 0 unspecified atom stereocenters. The summed E-state index contributed by atoms with van der Waals surface area (Å²) in [4.78, 5) is 12.9. The molecule has 1 aromatic heterocycles. The second-order valence-corrected chi connectivity index (χ2v) is 7.16. The maximum Gasteiger partial charge on any atom is 0.211 e. The Morgan fingerprint density at radius 3 is 2.61 bits per heavy atom. The fraction of sp³-hybridized carbons (Fsp3) is 0.136. The molecule has 0 aliphatic heterocycles. The molecule has 2 aromatic carbocycles. The highest BCUT2D eigenvalue weighted by Crippen LogP contribution is 2.24. The number of benzene rings is 2. The van der Waals surface area contributed by atoms with Gasteiger partial charge in [-0.25, -0.2) is 0 Å². The van der Waals surface area contributed by atoms with Crippen molar-refractivity contribution in [1.82, 2.24) is 4.57 Å². The molecule has 0 amide bonds. The first-order chi connectivity index (χ1) is 13.7. The number of carbonyl (C=O) groups excluding carboxylic acids is 1. The van der Waals surface area contributed by atoms with Gasteiger partial charge in [0.15, 0.2) is 5.78 Å². The number of ether oxygens (including phenoxy) is 1. The van der Waals surface area contributed by atoms with Crippen LogP contribution in [0.3, 0.4) is 0 Å². The number of aromatic nitrogens is 1. The molecule has 3 aromatic rings.